The maximum atomic E-state index is 5.43. The summed E-state index contributed by atoms with van der Waals surface area (Å²) in [4.78, 5) is 8.70. The molecule has 1 saturated carbocycles. The van der Waals surface area contributed by atoms with Crippen molar-refractivity contribution in [1.82, 2.24) is 9.97 Å². The van der Waals surface area contributed by atoms with Gasteiger partial charge in [-0.3, -0.25) is 0 Å². The summed E-state index contributed by atoms with van der Waals surface area (Å²) in [7, 11) is 0. The molecule has 1 heterocycles. The minimum atomic E-state index is 0.716. The van der Waals surface area contributed by atoms with Crippen LogP contribution in [0, 0.1) is 0 Å². The van der Waals surface area contributed by atoms with Gasteiger partial charge in [-0.1, -0.05) is 6.42 Å². The van der Waals surface area contributed by atoms with Crippen molar-refractivity contribution >= 4 is 0 Å². The molecule has 0 aliphatic heterocycles. The first kappa shape index (κ1) is 9.59. The molecule has 0 radical (unpaired) electrons. The van der Waals surface area contributed by atoms with E-state index < -0.39 is 0 Å². The summed E-state index contributed by atoms with van der Waals surface area (Å²) in [5, 5.41) is 0. The Balaban J connectivity index is 1.95. The molecule has 14 heavy (non-hydrogen) atoms. The molecule has 1 aliphatic rings. The lowest BCUT2D eigenvalue weighted by Crippen LogP contribution is -2.10. The second-order valence-corrected chi connectivity index (χ2v) is 3.95. The fourth-order valence-electron chi connectivity index (χ4n) is 1.71. The lowest BCUT2D eigenvalue weighted by atomic mass is 9.81. The molecule has 1 aliphatic carbocycles. The van der Waals surface area contributed by atoms with E-state index in [0.717, 1.165) is 24.6 Å². The molecule has 0 amide bonds. The Hall–Kier alpha value is -0.960. The van der Waals surface area contributed by atoms with Gasteiger partial charge in [-0.2, -0.15) is 0 Å². The van der Waals surface area contributed by atoms with Gasteiger partial charge in [0.1, 0.15) is 5.82 Å². The number of nitrogens with two attached hydrogens (primary N) is 1. The third kappa shape index (κ3) is 2.10. The highest BCUT2D eigenvalue weighted by Crippen LogP contribution is 2.35. The van der Waals surface area contributed by atoms with E-state index in [1.165, 1.54) is 24.8 Å². The molecule has 0 atom stereocenters. The van der Waals surface area contributed by atoms with E-state index in [1.54, 1.807) is 0 Å². The molecule has 76 valence electrons. The van der Waals surface area contributed by atoms with Crippen molar-refractivity contribution in [3.05, 3.63) is 23.8 Å². The van der Waals surface area contributed by atoms with Crippen LogP contribution in [0.2, 0.25) is 0 Å². The molecular weight excluding hydrogens is 174 g/mol. The third-order valence-electron chi connectivity index (χ3n) is 2.91. The first-order valence-corrected chi connectivity index (χ1v) is 5.41. The van der Waals surface area contributed by atoms with Crippen LogP contribution in [0.3, 0.4) is 0 Å². The summed E-state index contributed by atoms with van der Waals surface area (Å²) in [6.45, 7) is 0.716. The van der Waals surface area contributed by atoms with Gasteiger partial charge in [-0.05, 0) is 37.3 Å². The highest BCUT2D eigenvalue weighted by molar-refractivity contribution is 5.14. The molecule has 3 nitrogen and oxygen atoms in total. The van der Waals surface area contributed by atoms with Crippen LogP contribution in [0.1, 0.15) is 43.0 Å². The number of hydrogen-bond acceptors (Lipinski definition) is 3. The molecule has 1 fully saturated rings. The van der Waals surface area contributed by atoms with Gasteiger partial charge in [0.25, 0.3) is 0 Å². The first-order chi connectivity index (χ1) is 6.90. The Labute approximate surface area is 84.8 Å². The largest absolute Gasteiger partial charge is 0.330 e. The molecular formula is C11H17N3. The second kappa shape index (κ2) is 4.51. The molecule has 0 saturated heterocycles. The van der Waals surface area contributed by atoms with Gasteiger partial charge < -0.3 is 5.73 Å². The monoisotopic (exact) mass is 191 g/mol. The summed E-state index contributed by atoms with van der Waals surface area (Å²) in [6, 6.07) is 0. The van der Waals surface area contributed by atoms with Crippen LogP contribution in [0.4, 0.5) is 0 Å². The fourth-order valence-corrected chi connectivity index (χ4v) is 1.71. The van der Waals surface area contributed by atoms with E-state index in [-0.39, 0.29) is 0 Å². The minimum absolute atomic E-state index is 0.716. The smallest absolute Gasteiger partial charge is 0.128 e. The van der Waals surface area contributed by atoms with E-state index in [0.29, 0.717) is 6.54 Å². The number of nitrogens with zero attached hydrogens (tertiary/aromatic N) is 2. The first-order valence-electron chi connectivity index (χ1n) is 5.41. The fraction of sp³-hybridized carbons (Fsp3) is 0.636. The highest BCUT2D eigenvalue weighted by Gasteiger charge is 2.19. The maximum Gasteiger partial charge on any atom is 0.128 e. The van der Waals surface area contributed by atoms with Crippen LogP contribution in [0.15, 0.2) is 12.4 Å². The van der Waals surface area contributed by atoms with Gasteiger partial charge >= 0.3 is 0 Å². The van der Waals surface area contributed by atoms with Crippen LogP contribution in [0.5, 0.6) is 0 Å². The normalized spacial score (nSPS) is 16.6. The topological polar surface area (TPSA) is 51.8 Å². The quantitative estimate of drug-likeness (QED) is 0.787. The van der Waals surface area contributed by atoms with Crippen molar-refractivity contribution in [1.29, 1.82) is 0 Å². The van der Waals surface area contributed by atoms with Gasteiger partial charge in [0, 0.05) is 18.8 Å². The number of aromatic nitrogens is 2. The Morgan fingerprint density at radius 1 is 1.29 bits per heavy atom. The summed E-state index contributed by atoms with van der Waals surface area (Å²) >= 11 is 0. The SMILES string of the molecule is NCCCc1ncc(C2CCC2)cn1. The Morgan fingerprint density at radius 3 is 2.50 bits per heavy atom. The predicted octanol–water partition coefficient (Wildman–Crippen LogP) is 1.64. The average molecular weight is 191 g/mol. The molecule has 1 aromatic rings. The predicted molar refractivity (Wildman–Crippen MR) is 56.0 cm³/mol. The Morgan fingerprint density at radius 2 is 2.00 bits per heavy atom. The highest BCUT2D eigenvalue weighted by atomic mass is 14.9. The van der Waals surface area contributed by atoms with E-state index in [1.807, 2.05) is 12.4 Å². The van der Waals surface area contributed by atoms with E-state index in [2.05, 4.69) is 9.97 Å². The number of rotatable bonds is 4. The van der Waals surface area contributed by atoms with Crippen LogP contribution >= 0.6 is 0 Å². The van der Waals surface area contributed by atoms with Crippen molar-refractivity contribution in [3.63, 3.8) is 0 Å². The molecule has 2 N–H and O–H groups in total. The number of hydrogen-bond donors (Lipinski definition) is 1. The van der Waals surface area contributed by atoms with E-state index in [4.69, 9.17) is 5.73 Å². The van der Waals surface area contributed by atoms with Crippen LogP contribution in [-0.4, -0.2) is 16.5 Å². The van der Waals surface area contributed by atoms with Crippen LogP contribution in [0.25, 0.3) is 0 Å². The standard InChI is InChI=1S/C11H17N3/c12-6-2-5-11-13-7-10(8-14-11)9-3-1-4-9/h7-9H,1-6,12H2. The average Bonchev–Trinajstić information content (AvgIpc) is 2.14. The van der Waals surface area contributed by atoms with Gasteiger partial charge in [0.2, 0.25) is 0 Å². The second-order valence-electron chi connectivity index (χ2n) is 3.95. The van der Waals surface area contributed by atoms with Crippen molar-refractivity contribution in [2.45, 2.75) is 38.0 Å². The third-order valence-corrected chi connectivity index (χ3v) is 2.91. The molecule has 3 heteroatoms. The lowest BCUT2D eigenvalue weighted by Gasteiger charge is -2.24. The van der Waals surface area contributed by atoms with E-state index >= 15 is 0 Å². The van der Waals surface area contributed by atoms with Gasteiger partial charge in [0.15, 0.2) is 0 Å². The lowest BCUT2D eigenvalue weighted by molar-refractivity contribution is 0.417. The van der Waals surface area contributed by atoms with Gasteiger partial charge in [-0.25, -0.2) is 9.97 Å². The maximum absolute atomic E-state index is 5.43. The summed E-state index contributed by atoms with van der Waals surface area (Å²) in [6.07, 6.45) is 9.84. The Kier molecular flexibility index (Phi) is 3.09. The molecule has 0 spiro atoms. The molecule has 0 bridgehead atoms. The summed E-state index contributed by atoms with van der Waals surface area (Å²) < 4.78 is 0. The van der Waals surface area contributed by atoms with Crippen molar-refractivity contribution in [2.75, 3.05) is 6.54 Å². The van der Waals surface area contributed by atoms with Crippen LogP contribution < -0.4 is 5.73 Å². The van der Waals surface area contributed by atoms with Gasteiger partial charge in [-0.15, -0.1) is 0 Å². The molecule has 0 aromatic carbocycles. The van der Waals surface area contributed by atoms with E-state index in [9.17, 15) is 0 Å². The molecule has 2 rings (SSSR count). The zero-order chi connectivity index (χ0) is 9.80. The van der Waals surface area contributed by atoms with Crippen molar-refractivity contribution in [2.24, 2.45) is 5.73 Å². The minimum Gasteiger partial charge on any atom is -0.330 e. The molecule has 1 aromatic heterocycles. The van der Waals surface area contributed by atoms with Crippen molar-refractivity contribution < 1.29 is 0 Å². The Bertz CT molecular complexity index is 277. The summed E-state index contributed by atoms with van der Waals surface area (Å²) in [5.74, 6) is 1.66. The zero-order valence-corrected chi connectivity index (χ0v) is 8.45. The van der Waals surface area contributed by atoms with Crippen molar-refractivity contribution in [3.8, 4) is 0 Å². The number of aryl methyl sites for hydroxylation is 1. The summed E-state index contributed by atoms with van der Waals surface area (Å²) in [5.41, 5.74) is 6.74. The zero-order valence-electron chi connectivity index (χ0n) is 8.45. The van der Waals surface area contributed by atoms with Crippen LogP contribution in [-0.2, 0) is 6.42 Å². The molecule has 0 unspecified atom stereocenters. The van der Waals surface area contributed by atoms with Gasteiger partial charge in [0.05, 0.1) is 0 Å².